The molecule has 0 saturated heterocycles. The second kappa shape index (κ2) is 5.86. The number of halogens is 2. The van der Waals surface area contributed by atoms with Gasteiger partial charge in [-0.15, -0.1) is 11.6 Å². The minimum absolute atomic E-state index is 0.147. The fourth-order valence-electron chi connectivity index (χ4n) is 2.58. The molecule has 0 saturated carbocycles. The molecule has 0 amide bonds. The molecule has 0 spiro atoms. The molecule has 3 rings (SSSR count). The quantitative estimate of drug-likeness (QED) is 0.549. The molecule has 0 bridgehead atoms. The van der Waals surface area contributed by atoms with Gasteiger partial charge in [-0.05, 0) is 50.1 Å². The van der Waals surface area contributed by atoms with Crippen molar-refractivity contribution in [2.45, 2.75) is 26.1 Å². The first-order valence-corrected chi connectivity index (χ1v) is 7.96. The summed E-state index contributed by atoms with van der Waals surface area (Å²) >= 11 is 12.8. The highest BCUT2D eigenvalue weighted by molar-refractivity contribution is 6.35. The highest BCUT2D eigenvalue weighted by atomic mass is 35.5. The van der Waals surface area contributed by atoms with E-state index in [1.54, 1.807) is 6.20 Å². The first kappa shape index (κ1) is 15.3. The number of rotatable bonds is 2. The number of alkyl halides is 1. The molecule has 3 aromatic rings. The van der Waals surface area contributed by atoms with Crippen molar-refractivity contribution in [3.05, 3.63) is 58.4 Å². The zero-order valence-electron chi connectivity index (χ0n) is 12.7. The number of nitrogens with zero attached hydrogens (tertiary/aromatic N) is 2. The monoisotopic (exact) mass is 330 g/mol. The van der Waals surface area contributed by atoms with Gasteiger partial charge in [-0.25, -0.2) is 4.98 Å². The van der Waals surface area contributed by atoms with Crippen LogP contribution in [0, 0.1) is 13.8 Å². The van der Waals surface area contributed by atoms with Gasteiger partial charge in [-0.1, -0.05) is 23.7 Å². The summed E-state index contributed by atoms with van der Waals surface area (Å²) in [6, 6.07) is 10.0. The fraction of sp³-hybridized carbons (Fsp3) is 0.222. The molecule has 1 atom stereocenters. The smallest absolute Gasteiger partial charge is 0.0898 e. The molecule has 4 heteroatoms. The van der Waals surface area contributed by atoms with Crippen LogP contribution in [-0.4, -0.2) is 9.97 Å². The van der Waals surface area contributed by atoms with Crippen LogP contribution in [0.1, 0.15) is 29.1 Å². The van der Waals surface area contributed by atoms with Gasteiger partial charge in [0.25, 0.3) is 0 Å². The van der Waals surface area contributed by atoms with E-state index in [9.17, 15) is 0 Å². The zero-order chi connectivity index (χ0) is 15.9. The molecule has 1 aromatic carbocycles. The molecule has 0 aliphatic carbocycles. The van der Waals surface area contributed by atoms with Gasteiger partial charge in [-0.3, -0.25) is 4.98 Å². The third-order valence-corrected chi connectivity index (χ3v) is 4.55. The van der Waals surface area contributed by atoms with Gasteiger partial charge in [0.1, 0.15) is 0 Å². The molecule has 0 radical (unpaired) electrons. The molecule has 2 heterocycles. The largest absolute Gasteiger partial charge is 0.261 e. The van der Waals surface area contributed by atoms with E-state index in [4.69, 9.17) is 28.2 Å². The Morgan fingerprint density at radius 2 is 1.91 bits per heavy atom. The van der Waals surface area contributed by atoms with Crippen LogP contribution in [0.15, 0.2) is 36.5 Å². The van der Waals surface area contributed by atoms with Crippen LogP contribution < -0.4 is 0 Å². The average molecular weight is 331 g/mol. The molecule has 0 N–H and O–H groups in total. The molecular weight excluding hydrogens is 315 g/mol. The SMILES string of the molecule is Cc1ccc2cc(C(C)Cl)c(-c3cccnc3C)nc2c1Cl. The molecule has 2 aromatic heterocycles. The summed E-state index contributed by atoms with van der Waals surface area (Å²) < 4.78 is 0. The van der Waals surface area contributed by atoms with Crippen molar-refractivity contribution in [2.24, 2.45) is 0 Å². The lowest BCUT2D eigenvalue weighted by molar-refractivity contribution is 1.07. The maximum Gasteiger partial charge on any atom is 0.0898 e. The highest BCUT2D eigenvalue weighted by Gasteiger charge is 2.16. The van der Waals surface area contributed by atoms with Crippen LogP contribution in [-0.2, 0) is 0 Å². The third kappa shape index (κ3) is 2.57. The average Bonchev–Trinajstić information content (AvgIpc) is 2.50. The summed E-state index contributed by atoms with van der Waals surface area (Å²) in [5.41, 5.74) is 5.59. The number of aromatic nitrogens is 2. The third-order valence-electron chi connectivity index (χ3n) is 3.84. The van der Waals surface area contributed by atoms with Gasteiger partial charge in [0.2, 0.25) is 0 Å². The van der Waals surface area contributed by atoms with E-state index in [-0.39, 0.29) is 5.38 Å². The summed E-state index contributed by atoms with van der Waals surface area (Å²) in [5.74, 6) is 0. The summed E-state index contributed by atoms with van der Waals surface area (Å²) in [5, 5.41) is 1.55. The maximum atomic E-state index is 6.45. The van der Waals surface area contributed by atoms with Crippen LogP contribution >= 0.6 is 23.2 Å². The second-order valence-corrected chi connectivity index (χ2v) is 6.48. The van der Waals surface area contributed by atoms with Gasteiger partial charge in [0, 0.05) is 22.8 Å². The van der Waals surface area contributed by atoms with Gasteiger partial charge in [0.15, 0.2) is 0 Å². The van der Waals surface area contributed by atoms with Crippen LogP contribution in [0.4, 0.5) is 0 Å². The lowest BCUT2D eigenvalue weighted by Gasteiger charge is -2.15. The minimum atomic E-state index is -0.147. The van der Waals surface area contributed by atoms with Gasteiger partial charge >= 0.3 is 0 Å². The number of hydrogen-bond donors (Lipinski definition) is 0. The van der Waals surface area contributed by atoms with E-state index in [0.29, 0.717) is 5.02 Å². The standard InChI is InChI=1S/C18H16Cl2N2/c1-10-6-7-13-9-15(11(2)19)18(22-17(13)16(10)20)14-5-4-8-21-12(14)3/h4-9,11H,1-3H3. The Kier molecular flexibility index (Phi) is 4.07. The van der Waals surface area contributed by atoms with Crippen molar-refractivity contribution >= 4 is 34.1 Å². The zero-order valence-corrected chi connectivity index (χ0v) is 14.2. The van der Waals surface area contributed by atoms with Crippen molar-refractivity contribution in [2.75, 3.05) is 0 Å². The first-order valence-electron chi connectivity index (χ1n) is 7.15. The second-order valence-electron chi connectivity index (χ2n) is 5.45. The molecule has 1 unspecified atom stereocenters. The van der Waals surface area contributed by atoms with E-state index in [0.717, 1.165) is 39.0 Å². The Balaban J connectivity index is 2.39. The highest BCUT2D eigenvalue weighted by Crippen LogP contribution is 2.36. The normalized spacial score (nSPS) is 12.6. The van der Waals surface area contributed by atoms with E-state index in [1.807, 2.05) is 45.0 Å². The Hall–Kier alpha value is -1.64. The van der Waals surface area contributed by atoms with E-state index in [2.05, 4.69) is 11.1 Å². The summed E-state index contributed by atoms with van der Waals surface area (Å²) in [7, 11) is 0. The number of benzene rings is 1. The Labute approximate surface area is 140 Å². The van der Waals surface area contributed by atoms with Crippen molar-refractivity contribution in [1.82, 2.24) is 9.97 Å². The summed E-state index contributed by atoms with van der Waals surface area (Å²) in [4.78, 5) is 9.19. The van der Waals surface area contributed by atoms with Crippen molar-refractivity contribution < 1.29 is 0 Å². The van der Waals surface area contributed by atoms with Crippen molar-refractivity contribution in [1.29, 1.82) is 0 Å². The van der Waals surface area contributed by atoms with Crippen molar-refractivity contribution in [3.63, 3.8) is 0 Å². The Morgan fingerprint density at radius 1 is 1.14 bits per heavy atom. The van der Waals surface area contributed by atoms with Crippen LogP contribution in [0.25, 0.3) is 22.2 Å². The molecule has 0 aliphatic heterocycles. The lowest BCUT2D eigenvalue weighted by Crippen LogP contribution is -1.98. The molecule has 0 aliphatic rings. The Morgan fingerprint density at radius 3 is 2.59 bits per heavy atom. The van der Waals surface area contributed by atoms with E-state index < -0.39 is 0 Å². The molecule has 2 nitrogen and oxygen atoms in total. The van der Waals surface area contributed by atoms with Crippen LogP contribution in [0.3, 0.4) is 0 Å². The topological polar surface area (TPSA) is 25.8 Å². The van der Waals surface area contributed by atoms with Crippen LogP contribution in [0.2, 0.25) is 5.02 Å². The number of hydrogen-bond acceptors (Lipinski definition) is 2. The summed E-state index contributed by atoms with van der Waals surface area (Å²) in [6.45, 7) is 5.91. The molecule has 0 fully saturated rings. The van der Waals surface area contributed by atoms with Gasteiger partial charge in [0.05, 0.1) is 21.6 Å². The van der Waals surface area contributed by atoms with E-state index in [1.165, 1.54) is 0 Å². The van der Waals surface area contributed by atoms with Crippen LogP contribution in [0.5, 0.6) is 0 Å². The number of fused-ring (bicyclic) bond motifs is 1. The molecule has 22 heavy (non-hydrogen) atoms. The van der Waals surface area contributed by atoms with E-state index >= 15 is 0 Å². The van der Waals surface area contributed by atoms with Gasteiger partial charge in [-0.2, -0.15) is 0 Å². The predicted octanol–water partition coefficient (Wildman–Crippen LogP) is 5.87. The molecule has 112 valence electrons. The predicted molar refractivity (Wildman–Crippen MR) is 93.7 cm³/mol. The first-order chi connectivity index (χ1) is 10.5. The Bertz CT molecular complexity index is 857. The fourth-order valence-corrected chi connectivity index (χ4v) is 2.96. The maximum absolute atomic E-state index is 6.45. The minimum Gasteiger partial charge on any atom is -0.261 e. The number of pyridine rings is 2. The summed E-state index contributed by atoms with van der Waals surface area (Å²) in [6.07, 6.45) is 1.78. The number of aryl methyl sites for hydroxylation is 2. The van der Waals surface area contributed by atoms with Crippen molar-refractivity contribution in [3.8, 4) is 11.3 Å². The van der Waals surface area contributed by atoms with Gasteiger partial charge < -0.3 is 0 Å². The lowest BCUT2D eigenvalue weighted by atomic mass is 10.00. The molecular formula is C18H16Cl2N2.